The third-order valence-electron chi connectivity index (χ3n) is 6.24. The second-order valence-electron chi connectivity index (χ2n) is 10.4. The first-order valence-corrected chi connectivity index (χ1v) is 12.2. The van der Waals surface area contributed by atoms with Gasteiger partial charge >= 0.3 is 0 Å². The molecule has 5 rings (SSSR count). The Balaban J connectivity index is 1.40. The van der Waals surface area contributed by atoms with E-state index in [-0.39, 0.29) is 36.6 Å². The largest absolute Gasteiger partial charge is 0.436 e. The molecule has 8 heteroatoms. The van der Waals surface area contributed by atoms with Crippen LogP contribution >= 0.6 is 0 Å². The van der Waals surface area contributed by atoms with Crippen LogP contribution in [0.5, 0.6) is 0 Å². The maximum atomic E-state index is 13.6. The van der Waals surface area contributed by atoms with Crippen LogP contribution in [0, 0.1) is 5.41 Å². The molecule has 3 amide bonds. The van der Waals surface area contributed by atoms with E-state index in [1.807, 2.05) is 51.1 Å². The van der Waals surface area contributed by atoms with Gasteiger partial charge in [0.1, 0.15) is 11.6 Å². The van der Waals surface area contributed by atoms with Crippen molar-refractivity contribution in [2.45, 2.75) is 46.2 Å². The average molecular weight is 497 g/mol. The molecule has 0 bridgehead atoms. The van der Waals surface area contributed by atoms with Crippen molar-refractivity contribution in [1.82, 2.24) is 14.9 Å². The molecule has 0 saturated carbocycles. The fourth-order valence-corrected chi connectivity index (χ4v) is 4.50. The Morgan fingerprint density at radius 2 is 1.81 bits per heavy atom. The second kappa shape index (κ2) is 9.61. The van der Waals surface area contributed by atoms with Gasteiger partial charge in [0.15, 0.2) is 5.58 Å². The van der Waals surface area contributed by atoms with Crippen molar-refractivity contribution in [3.05, 3.63) is 78.6 Å². The van der Waals surface area contributed by atoms with Crippen LogP contribution in [0.4, 0.5) is 5.69 Å². The highest BCUT2D eigenvalue weighted by molar-refractivity contribution is 6.23. The van der Waals surface area contributed by atoms with Crippen LogP contribution in [0.25, 0.3) is 22.6 Å². The summed E-state index contributed by atoms with van der Waals surface area (Å²) in [4.78, 5) is 51.3. The molecule has 37 heavy (non-hydrogen) atoms. The van der Waals surface area contributed by atoms with E-state index in [2.05, 4.69) is 9.97 Å². The first kappa shape index (κ1) is 24.4. The summed E-state index contributed by atoms with van der Waals surface area (Å²) < 4.78 is 5.83. The zero-order valence-corrected chi connectivity index (χ0v) is 21.0. The summed E-state index contributed by atoms with van der Waals surface area (Å²) in [6.45, 7) is 6.12. The number of nitrogens with zero attached hydrogens (tertiary/aromatic N) is 4. The van der Waals surface area contributed by atoms with Gasteiger partial charge in [-0.15, -0.1) is 0 Å². The molecule has 2 aromatic carbocycles. The summed E-state index contributed by atoms with van der Waals surface area (Å²) in [5, 5.41) is 0. The third kappa shape index (κ3) is 5.14. The van der Waals surface area contributed by atoms with Gasteiger partial charge in [0.2, 0.25) is 17.7 Å². The molecule has 0 spiro atoms. The number of hydrogen-bond acceptors (Lipinski definition) is 6. The molecule has 188 valence electrons. The van der Waals surface area contributed by atoms with Gasteiger partial charge in [0, 0.05) is 30.9 Å². The van der Waals surface area contributed by atoms with E-state index in [1.54, 1.807) is 42.7 Å². The molecule has 1 aliphatic rings. The maximum absolute atomic E-state index is 13.6. The van der Waals surface area contributed by atoms with Gasteiger partial charge in [-0.25, -0.2) is 9.88 Å². The van der Waals surface area contributed by atoms with Gasteiger partial charge < -0.3 is 9.32 Å². The lowest BCUT2D eigenvalue weighted by Crippen LogP contribution is -2.46. The number of aromatic nitrogens is 2. The first-order chi connectivity index (χ1) is 17.7. The van der Waals surface area contributed by atoms with E-state index in [1.165, 1.54) is 9.80 Å². The molecule has 0 N–H and O–H groups in total. The second-order valence-corrected chi connectivity index (χ2v) is 10.4. The summed E-state index contributed by atoms with van der Waals surface area (Å²) in [6, 6.07) is 17.2. The lowest BCUT2D eigenvalue weighted by molar-refractivity contribution is -0.140. The van der Waals surface area contributed by atoms with Crippen LogP contribution in [-0.4, -0.2) is 38.6 Å². The molecule has 4 aromatic rings. The highest BCUT2D eigenvalue weighted by atomic mass is 16.3. The van der Waals surface area contributed by atoms with E-state index in [0.29, 0.717) is 17.2 Å². The summed E-state index contributed by atoms with van der Waals surface area (Å²) in [7, 11) is 0. The number of carbonyl (C=O) groups is 3. The zero-order chi connectivity index (χ0) is 26.2. The predicted molar refractivity (Wildman–Crippen MR) is 139 cm³/mol. The molecule has 3 heterocycles. The van der Waals surface area contributed by atoms with E-state index < -0.39 is 11.9 Å². The van der Waals surface area contributed by atoms with Crippen LogP contribution in [-0.2, 0) is 20.9 Å². The minimum atomic E-state index is -0.876. The SMILES string of the molecule is CC(C)(C)CC(=O)N(Cc1cccnc1)C1CC(=O)N(c2ccc(-c3nc4ccccc4o3)cc2)C1=O. The summed E-state index contributed by atoms with van der Waals surface area (Å²) >= 11 is 0. The summed E-state index contributed by atoms with van der Waals surface area (Å²) in [5.74, 6) is -0.467. The molecule has 1 atom stereocenters. The van der Waals surface area contributed by atoms with E-state index >= 15 is 0 Å². The Morgan fingerprint density at radius 3 is 2.49 bits per heavy atom. The Kier molecular flexibility index (Phi) is 6.33. The van der Waals surface area contributed by atoms with Crippen LogP contribution in [0.3, 0.4) is 0 Å². The zero-order valence-electron chi connectivity index (χ0n) is 21.0. The summed E-state index contributed by atoms with van der Waals surface area (Å²) in [6.07, 6.45) is 3.51. The lowest BCUT2D eigenvalue weighted by Gasteiger charge is -2.30. The predicted octanol–water partition coefficient (Wildman–Crippen LogP) is 4.99. The van der Waals surface area contributed by atoms with Crippen LogP contribution in [0.15, 0.2) is 77.5 Å². The molecule has 1 unspecified atom stereocenters. The van der Waals surface area contributed by atoms with Crippen LogP contribution in [0.2, 0.25) is 0 Å². The third-order valence-corrected chi connectivity index (χ3v) is 6.24. The molecule has 1 fully saturated rings. The van der Waals surface area contributed by atoms with E-state index in [4.69, 9.17) is 4.42 Å². The number of amides is 3. The van der Waals surface area contributed by atoms with Gasteiger partial charge in [0.05, 0.1) is 12.1 Å². The number of carbonyl (C=O) groups excluding carboxylic acids is 3. The van der Waals surface area contributed by atoms with Crippen molar-refractivity contribution in [3.8, 4) is 11.5 Å². The van der Waals surface area contributed by atoms with Gasteiger partial charge in [0.25, 0.3) is 5.91 Å². The molecule has 2 aromatic heterocycles. The van der Waals surface area contributed by atoms with E-state index in [9.17, 15) is 14.4 Å². The molecular formula is C29H28N4O4. The topological polar surface area (TPSA) is 96.6 Å². The minimum absolute atomic E-state index is 0.0676. The number of pyridine rings is 1. The number of oxazole rings is 1. The van der Waals surface area contributed by atoms with Crippen LogP contribution in [0.1, 0.15) is 39.2 Å². The highest BCUT2D eigenvalue weighted by Gasteiger charge is 2.44. The monoisotopic (exact) mass is 496 g/mol. The Hall–Kier alpha value is -4.33. The molecular weight excluding hydrogens is 468 g/mol. The van der Waals surface area contributed by atoms with Gasteiger partial charge in [-0.3, -0.25) is 19.4 Å². The van der Waals surface area contributed by atoms with E-state index in [0.717, 1.165) is 16.6 Å². The minimum Gasteiger partial charge on any atom is -0.436 e. The smallest absolute Gasteiger partial charge is 0.257 e. The number of anilines is 1. The van der Waals surface area contributed by atoms with Gasteiger partial charge in [-0.2, -0.15) is 0 Å². The highest BCUT2D eigenvalue weighted by Crippen LogP contribution is 2.31. The van der Waals surface area contributed by atoms with Crippen molar-refractivity contribution in [2.24, 2.45) is 5.41 Å². The van der Waals surface area contributed by atoms with Crippen molar-refractivity contribution in [3.63, 3.8) is 0 Å². The van der Waals surface area contributed by atoms with Gasteiger partial charge in [-0.05, 0) is 53.4 Å². The average Bonchev–Trinajstić information content (AvgIpc) is 3.42. The quantitative estimate of drug-likeness (QED) is 0.349. The number of fused-ring (bicyclic) bond motifs is 1. The number of para-hydroxylation sites is 2. The van der Waals surface area contributed by atoms with Crippen molar-refractivity contribution < 1.29 is 18.8 Å². The van der Waals surface area contributed by atoms with Crippen molar-refractivity contribution in [2.75, 3.05) is 4.90 Å². The molecule has 0 radical (unpaired) electrons. The first-order valence-electron chi connectivity index (χ1n) is 12.2. The number of imide groups is 1. The number of benzene rings is 2. The fourth-order valence-electron chi connectivity index (χ4n) is 4.50. The van der Waals surface area contributed by atoms with Crippen molar-refractivity contribution in [1.29, 1.82) is 0 Å². The van der Waals surface area contributed by atoms with Crippen LogP contribution < -0.4 is 4.90 Å². The Morgan fingerprint density at radius 1 is 1.05 bits per heavy atom. The Labute approximate surface area is 214 Å². The molecule has 1 aliphatic heterocycles. The number of hydrogen-bond donors (Lipinski definition) is 0. The van der Waals surface area contributed by atoms with Crippen molar-refractivity contribution >= 4 is 34.5 Å². The molecule has 8 nitrogen and oxygen atoms in total. The fraction of sp³-hybridized carbons (Fsp3) is 0.276. The lowest BCUT2D eigenvalue weighted by atomic mass is 9.91. The normalized spacial score (nSPS) is 16.0. The Bertz CT molecular complexity index is 1420. The standard InChI is InChI=1S/C29H28N4O4/c1-29(2,3)16-26(35)32(18-19-7-6-14-30-17-19)23-15-25(34)33(28(23)36)21-12-10-20(11-13-21)27-31-22-8-4-5-9-24(22)37-27/h4-14,17,23H,15-16,18H2,1-3H3. The summed E-state index contributed by atoms with van der Waals surface area (Å²) in [5.41, 5.74) is 3.14. The van der Waals surface area contributed by atoms with Gasteiger partial charge in [-0.1, -0.05) is 39.0 Å². The molecule has 1 saturated heterocycles. The maximum Gasteiger partial charge on any atom is 0.257 e. The molecule has 0 aliphatic carbocycles. The number of rotatable bonds is 6.